The molecular weight excluding hydrogens is 232 g/mol. The molecule has 1 aliphatic rings. The van der Waals surface area contributed by atoms with E-state index < -0.39 is 0 Å². The van der Waals surface area contributed by atoms with Crippen LogP contribution in [0.2, 0.25) is 0 Å². The fourth-order valence-corrected chi connectivity index (χ4v) is 2.02. The van der Waals surface area contributed by atoms with Gasteiger partial charge in [0, 0.05) is 26.2 Å². The normalized spacial score (nSPS) is 22.7. The Bertz CT molecular complexity index is 248. The molecule has 1 rings (SSSR count). The fourth-order valence-electron chi connectivity index (χ4n) is 2.02. The molecule has 0 aromatic carbocycles. The number of ether oxygens (including phenoxy) is 2. The molecule has 0 saturated carbocycles. The third-order valence-electron chi connectivity index (χ3n) is 3.18. The number of hydrogen-bond donors (Lipinski definition) is 1. The van der Waals surface area contributed by atoms with E-state index in [1.54, 1.807) is 0 Å². The van der Waals surface area contributed by atoms with Gasteiger partial charge in [0.25, 0.3) is 0 Å². The largest absolute Gasteiger partial charge is 0.466 e. The summed E-state index contributed by atoms with van der Waals surface area (Å²) in [5.41, 5.74) is 0. The Morgan fingerprint density at radius 3 is 3.00 bits per heavy atom. The van der Waals surface area contributed by atoms with E-state index in [4.69, 9.17) is 9.47 Å². The molecule has 1 saturated heterocycles. The molecule has 1 heterocycles. The summed E-state index contributed by atoms with van der Waals surface area (Å²) in [7, 11) is 0. The molecule has 1 fully saturated rings. The first-order valence-electron chi connectivity index (χ1n) is 6.88. The SMILES string of the molecule is CCOC(=O)C(C)CNCC1CN(CC)CCO1. The van der Waals surface area contributed by atoms with E-state index in [1.165, 1.54) is 0 Å². The lowest BCUT2D eigenvalue weighted by atomic mass is 10.2. The first-order chi connectivity index (χ1) is 8.67. The van der Waals surface area contributed by atoms with Crippen LogP contribution in [0.3, 0.4) is 0 Å². The minimum Gasteiger partial charge on any atom is -0.466 e. The molecule has 0 aromatic heterocycles. The second-order valence-electron chi connectivity index (χ2n) is 4.70. The number of likely N-dealkylation sites (N-methyl/N-ethyl adjacent to an activating group) is 1. The van der Waals surface area contributed by atoms with Crippen LogP contribution in [0.1, 0.15) is 20.8 Å². The van der Waals surface area contributed by atoms with Gasteiger partial charge in [0.15, 0.2) is 0 Å². The number of morpholine rings is 1. The number of carbonyl (C=O) groups excluding carboxylic acids is 1. The molecule has 106 valence electrons. The highest BCUT2D eigenvalue weighted by Crippen LogP contribution is 2.04. The molecule has 2 unspecified atom stereocenters. The molecule has 0 bridgehead atoms. The Kier molecular flexibility index (Phi) is 7.23. The molecule has 1 N–H and O–H groups in total. The maximum Gasteiger partial charge on any atom is 0.309 e. The summed E-state index contributed by atoms with van der Waals surface area (Å²) in [5, 5.41) is 3.29. The van der Waals surface area contributed by atoms with Crippen LogP contribution in [0.4, 0.5) is 0 Å². The maximum absolute atomic E-state index is 11.4. The topological polar surface area (TPSA) is 50.8 Å². The molecule has 18 heavy (non-hydrogen) atoms. The minimum absolute atomic E-state index is 0.101. The van der Waals surface area contributed by atoms with Crippen LogP contribution >= 0.6 is 0 Å². The van der Waals surface area contributed by atoms with Crippen molar-refractivity contribution in [3.63, 3.8) is 0 Å². The van der Waals surface area contributed by atoms with Crippen LogP contribution in [0, 0.1) is 5.92 Å². The minimum atomic E-state index is -0.134. The van der Waals surface area contributed by atoms with Gasteiger partial charge in [0.1, 0.15) is 0 Å². The average Bonchev–Trinajstić information content (AvgIpc) is 2.39. The van der Waals surface area contributed by atoms with Gasteiger partial charge in [-0.15, -0.1) is 0 Å². The van der Waals surface area contributed by atoms with Gasteiger partial charge in [-0.3, -0.25) is 9.69 Å². The average molecular weight is 258 g/mol. The molecule has 2 atom stereocenters. The Morgan fingerprint density at radius 1 is 1.56 bits per heavy atom. The molecule has 0 aliphatic carbocycles. The first kappa shape index (κ1) is 15.4. The zero-order valence-corrected chi connectivity index (χ0v) is 11.8. The smallest absolute Gasteiger partial charge is 0.309 e. The zero-order chi connectivity index (χ0) is 13.4. The predicted molar refractivity (Wildman–Crippen MR) is 70.5 cm³/mol. The number of esters is 1. The Balaban J connectivity index is 2.15. The van der Waals surface area contributed by atoms with E-state index >= 15 is 0 Å². The van der Waals surface area contributed by atoms with Crippen molar-refractivity contribution in [2.75, 3.05) is 45.9 Å². The lowest BCUT2D eigenvalue weighted by molar-refractivity contribution is -0.147. The highest BCUT2D eigenvalue weighted by molar-refractivity contribution is 5.72. The van der Waals surface area contributed by atoms with E-state index in [9.17, 15) is 4.79 Å². The number of rotatable bonds is 7. The second kappa shape index (κ2) is 8.45. The van der Waals surface area contributed by atoms with Crippen molar-refractivity contribution in [2.45, 2.75) is 26.9 Å². The van der Waals surface area contributed by atoms with E-state index in [-0.39, 0.29) is 18.0 Å². The van der Waals surface area contributed by atoms with Gasteiger partial charge in [0.2, 0.25) is 0 Å². The maximum atomic E-state index is 11.4. The molecule has 0 aromatic rings. The monoisotopic (exact) mass is 258 g/mol. The molecular formula is C13H26N2O3. The van der Waals surface area contributed by atoms with Crippen molar-refractivity contribution in [3.05, 3.63) is 0 Å². The Morgan fingerprint density at radius 2 is 2.33 bits per heavy atom. The van der Waals surface area contributed by atoms with Crippen LogP contribution in [-0.2, 0) is 14.3 Å². The molecule has 5 heteroatoms. The van der Waals surface area contributed by atoms with Crippen molar-refractivity contribution >= 4 is 5.97 Å². The summed E-state index contributed by atoms with van der Waals surface area (Å²) in [4.78, 5) is 13.8. The summed E-state index contributed by atoms with van der Waals surface area (Å²) in [5.74, 6) is -0.236. The van der Waals surface area contributed by atoms with Crippen LogP contribution in [0.5, 0.6) is 0 Å². The molecule has 0 radical (unpaired) electrons. The van der Waals surface area contributed by atoms with Crippen LogP contribution < -0.4 is 5.32 Å². The third-order valence-corrected chi connectivity index (χ3v) is 3.18. The van der Waals surface area contributed by atoms with Gasteiger partial charge in [-0.25, -0.2) is 0 Å². The van der Waals surface area contributed by atoms with E-state index in [2.05, 4.69) is 17.1 Å². The summed E-state index contributed by atoms with van der Waals surface area (Å²) < 4.78 is 10.6. The fraction of sp³-hybridized carbons (Fsp3) is 0.923. The van der Waals surface area contributed by atoms with Gasteiger partial charge in [-0.2, -0.15) is 0 Å². The standard InChI is InChI=1S/C13H26N2O3/c1-4-15-6-7-18-12(10-15)9-14-8-11(3)13(16)17-5-2/h11-12,14H,4-10H2,1-3H3. The molecule has 0 spiro atoms. The summed E-state index contributed by atoms with van der Waals surface area (Å²) >= 11 is 0. The van der Waals surface area contributed by atoms with Crippen LogP contribution in [0.25, 0.3) is 0 Å². The second-order valence-corrected chi connectivity index (χ2v) is 4.70. The van der Waals surface area contributed by atoms with Crippen molar-refractivity contribution in [2.24, 2.45) is 5.92 Å². The molecule has 0 amide bonds. The van der Waals surface area contributed by atoms with Gasteiger partial charge >= 0.3 is 5.97 Å². The van der Waals surface area contributed by atoms with Gasteiger partial charge < -0.3 is 14.8 Å². The number of nitrogens with zero attached hydrogens (tertiary/aromatic N) is 1. The van der Waals surface area contributed by atoms with E-state index in [1.807, 2.05) is 13.8 Å². The van der Waals surface area contributed by atoms with Crippen LogP contribution in [-0.4, -0.2) is 62.9 Å². The highest BCUT2D eigenvalue weighted by Gasteiger charge is 2.20. The number of nitrogens with one attached hydrogen (secondary N) is 1. The quantitative estimate of drug-likeness (QED) is 0.674. The number of hydrogen-bond acceptors (Lipinski definition) is 5. The summed E-state index contributed by atoms with van der Waals surface area (Å²) in [6, 6.07) is 0. The van der Waals surface area contributed by atoms with Crippen molar-refractivity contribution in [1.82, 2.24) is 10.2 Å². The number of carbonyl (C=O) groups is 1. The molecule has 5 nitrogen and oxygen atoms in total. The third kappa shape index (κ3) is 5.33. The predicted octanol–water partition coefficient (Wildman–Crippen LogP) is 0.496. The Labute approximate surface area is 110 Å². The first-order valence-corrected chi connectivity index (χ1v) is 6.88. The van der Waals surface area contributed by atoms with Crippen molar-refractivity contribution in [3.8, 4) is 0 Å². The van der Waals surface area contributed by atoms with Crippen LogP contribution in [0.15, 0.2) is 0 Å². The van der Waals surface area contributed by atoms with E-state index in [0.717, 1.165) is 32.8 Å². The molecule has 1 aliphatic heterocycles. The van der Waals surface area contributed by atoms with E-state index in [0.29, 0.717) is 13.2 Å². The van der Waals surface area contributed by atoms with Crippen molar-refractivity contribution in [1.29, 1.82) is 0 Å². The van der Waals surface area contributed by atoms with Gasteiger partial charge in [0.05, 0.1) is 25.2 Å². The lowest BCUT2D eigenvalue weighted by Crippen LogP contribution is -2.47. The van der Waals surface area contributed by atoms with Crippen molar-refractivity contribution < 1.29 is 14.3 Å². The Hall–Kier alpha value is -0.650. The van der Waals surface area contributed by atoms with Gasteiger partial charge in [-0.05, 0) is 13.5 Å². The summed E-state index contributed by atoms with van der Waals surface area (Å²) in [6.45, 7) is 11.6. The lowest BCUT2D eigenvalue weighted by Gasteiger charge is -2.32. The van der Waals surface area contributed by atoms with Gasteiger partial charge in [-0.1, -0.05) is 13.8 Å². The highest BCUT2D eigenvalue weighted by atomic mass is 16.5. The summed E-state index contributed by atoms with van der Waals surface area (Å²) in [6.07, 6.45) is 0.230. The zero-order valence-electron chi connectivity index (χ0n) is 11.8.